The lowest BCUT2D eigenvalue weighted by Gasteiger charge is -2.11. The first kappa shape index (κ1) is 17.8. The quantitative estimate of drug-likeness (QED) is 0.609. The summed E-state index contributed by atoms with van der Waals surface area (Å²) in [6.07, 6.45) is 2.59. The van der Waals surface area contributed by atoms with Crippen molar-refractivity contribution in [3.63, 3.8) is 0 Å². The summed E-state index contributed by atoms with van der Waals surface area (Å²) < 4.78 is 8.48. The molecule has 2 aromatic heterocycles. The molecular formula is C19H19BrN2O2S. The van der Waals surface area contributed by atoms with Crippen molar-refractivity contribution in [2.45, 2.75) is 19.9 Å². The number of pyridine rings is 1. The number of anilines is 1. The predicted molar refractivity (Wildman–Crippen MR) is 107 cm³/mol. The van der Waals surface area contributed by atoms with Crippen LogP contribution in [0.4, 0.5) is 5.69 Å². The minimum atomic E-state index is -0.0850. The summed E-state index contributed by atoms with van der Waals surface area (Å²) >= 11 is 5.14. The molecule has 4 nitrogen and oxygen atoms in total. The van der Waals surface area contributed by atoms with Crippen molar-refractivity contribution in [2.24, 2.45) is 0 Å². The van der Waals surface area contributed by atoms with Gasteiger partial charge in [0.15, 0.2) is 0 Å². The fourth-order valence-corrected chi connectivity index (χ4v) is 3.99. The fourth-order valence-electron chi connectivity index (χ4n) is 2.52. The van der Waals surface area contributed by atoms with E-state index in [0.29, 0.717) is 18.9 Å². The second-order valence-electron chi connectivity index (χ2n) is 5.76. The molecule has 1 aromatic carbocycles. The van der Waals surface area contributed by atoms with Crippen LogP contribution in [0.3, 0.4) is 0 Å². The Morgan fingerprint density at radius 1 is 1.24 bits per heavy atom. The first-order valence-electron chi connectivity index (χ1n) is 7.94. The van der Waals surface area contributed by atoms with Crippen LogP contribution < -0.4 is 16.0 Å². The summed E-state index contributed by atoms with van der Waals surface area (Å²) in [5.74, 6) is 0.598. The van der Waals surface area contributed by atoms with Gasteiger partial charge in [-0.05, 0) is 58.2 Å². The van der Waals surface area contributed by atoms with Gasteiger partial charge in [-0.3, -0.25) is 4.79 Å². The van der Waals surface area contributed by atoms with E-state index in [9.17, 15) is 4.79 Å². The van der Waals surface area contributed by atoms with E-state index >= 15 is 0 Å². The molecule has 0 atom stereocenters. The SMILES string of the molecule is Cc1c(N)cccc1Cn1ccc(OCCc2ccc(Br)s2)cc1=O. The van der Waals surface area contributed by atoms with E-state index in [4.69, 9.17) is 10.5 Å². The second-order valence-corrected chi connectivity index (χ2v) is 8.31. The van der Waals surface area contributed by atoms with Gasteiger partial charge >= 0.3 is 0 Å². The van der Waals surface area contributed by atoms with Crippen molar-refractivity contribution in [2.75, 3.05) is 12.3 Å². The number of hydrogen-bond donors (Lipinski definition) is 1. The van der Waals surface area contributed by atoms with Gasteiger partial charge in [0.25, 0.3) is 5.56 Å². The van der Waals surface area contributed by atoms with Crippen LogP contribution >= 0.6 is 27.3 Å². The smallest absolute Gasteiger partial charge is 0.254 e. The third-order valence-corrected chi connectivity index (χ3v) is 5.73. The molecule has 3 aromatic rings. The Bertz CT molecular complexity index is 933. The maximum Gasteiger partial charge on any atom is 0.254 e. The van der Waals surface area contributed by atoms with Crippen LogP contribution in [-0.2, 0) is 13.0 Å². The Morgan fingerprint density at radius 3 is 2.80 bits per heavy atom. The van der Waals surface area contributed by atoms with Crippen molar-refractivity contribution in [3.8, 4) is 5.75 Å². The number of hydrogen-bond acceptors (Lipinski definition) is 4. The van der Waals surface area contributed by atoms with E-state index in [1.807, 2.05) is 37.3 Å². The number of nitrogens with two attached hydrogens (primary N) is 1. The van der Waals surface area contributed by atoms with Crippen molar-refractivity contribution < 1.29 is 4.74 Å². The standard InChI is InChI=1S/C19H19BrN2O2S/c1-13-14(3-2-4-17(13)21)12-22-9-7-15(11-19(22)23)24-10-8-16-5-6-18(20)25-16/h2-7,9,11H,8,10,12,21H2,1H3. The molecule has 0 aliphatic rings. The molecule has 2 heterocycles. The molecule has 2 N–H and O–H groups in total. The summed E-state index contributed by atoms with van der Waals surface area (Å²) in [6, 6.07) is 13.2. The minimum Gasteiger partial charge on any atom is -0.493 e. The van der Waals surface area contributed by atoms with Crippen LogP contribution in [0.2, 0.25) is 0 Å². The average Bonchev–Trinajstić information content (AvgIpc) is 2.99. The zero-order chi connectivity index (χ0) is 17.8. The molecule has 0 saturated carbocycles. The van der Waals surface area contributed by atoms with Gasteiger partial charge in [0, 0.05) is 29.2 Å². The van der Waals surface area contributed by atoms with Crippen LogP contribution in [0, 0.1) is 6.92 Å². The molecule has 0 bridgehead atoms. The lowest BCUT2D eigenvalue weighted by Crippen LogP contribution is -2.20. The van der Waals surface area contributed by atoms with Gasteiger partial charge in [-0.15, -0.1) is 11.3 Å². The summed E-state index contributed by atoms with van der Waals surface area (Å²) in [7, 11) is 0. The molecule has 25 heavy (non-hydrogen) atoms. The predicted octanol–water partition coefficient (Wildman–Crippen LogP) is 4.23. The molecule has 0 fully saturated rings. The number of nitrogens with zero attached hydrogens (tertiary/aromatic N) is 1. The second kappa shape index (κ2) is 7.89. The highest BCUT2D eigenvalue weighted by Crippen LogP contribution is 2.22. The monoisotopic (exact) mass is 418 g/mol. The highest BCUT2D eigenvalue weighted by molar-refractivity contribution is 9.11. The van der Waals surface area contributed by atoms with Crippen LogP contribution in [0.25, 0.3) is 0 Å². The van der Waals surface area contributed by atoms with E-state index in [1.165, 1.54) is 10.9 Å². The molecule has 0 saturated heterocycles. The summed E-state index contributed by atoms with van der Waals surface area (Å²) in [5.41, 5.74) is 8.64. The third kappa shape index (κ3) is 4.52. The Hall–Kier alpha value is -2.05. The molecule has 6 heteroatoms. The van der Waals surface area contributed by atoms with E-state index in [1.54, 1.807) is 22.1 Å². The molecular weight excluding hydrogens is 400 g/mol. The topological polar surface area (TPSA) is 57.2 Å². The van der Waals surface area contributed by atoms with Gasteiger partial charge in [0.05, 0.1) is 16.9 Å². The molecule has 130 valence electrons. The Labute approximate surface area is 159 Å². The summed E-state index contributed by atoms with van der Waals surface area (Å²) in [5, 5.41) is 0. The highest BCUT2D eigenvalue weighted by atomic mass is 79.9. The van der Waals surface area contributed by atoms with Crippen molar-refractivity contribution in [3.05, 3.63) is 78.8 Å². The van der Waals surface area contributed by atoms with Crippen LogP contribution in [0.15, 0.2) is 57.2 Å². The number of ether oxygens (including phenoxy) is 1. The van der Waals surface area contributed by atoms with Crippen LogP contribution in [0.5, 0.6) is 5.75 Å². The Kier molecular flexibility index (Phi) is 5.60. The van der Waals surface area contributed by atoms with E-state index in [-0.39, 0.29) is 5.56 Å². The Balaban J connectivity index is 1.64. The van der Waals surface area contributed by atoms with E-state index in [0.717, 1.165) is 27.0 Å². The number of nitrogen functional groups attached to an aromatic ring is 1. The van der Waals surface area contributed by atoms with Crippen molar-refractivity contribution in [1.82, 2.24) is 4.57 Å². The average molecular weight is 419 g/mol. The maximum absolute atomic E-state index is 12.3. The lowest BCUT2D eigenvalue weighted by molar-refractivity contribution is 0.321. The van der Waals surface area contributed by atoms with E-state index in [2.05, 4.69) is 22.0 Å². The summed E-state index contributed by atoms with van der Waals surface area (Å²) in [6.45, 7) is 3.01. The van der Waals surface area contributed by atoms with Gasteiger partial charge in [-0.2, -0.15) is 0 Å². The van der Waals surface area contributed by atoms with Crippen LogP contribution in [0.1, 0.15) is 16.0 Å². The lowest BCUT2D eigenvalue weighted by atomic mass is 10.1. The van der Waals surface area contributed by atoms with Crippen molar-refractivity contribution >= 4 is 33.0 Å². The first-order valence-corrected chi connectivity index (χ1v) is 9.55. The summed E-state index contributed by atoms with van der Waals surface area (Å²) in [4.78, 5) is 13.6. The largest absolute Gasteiger partial charge is 0.493 e. The normalized spacial score (nSPS) is 10.8. The van der Waals surface area contributed by atoms with Crippen molar-refractivity contribution in [1.29, 1.82) is 0 Å². The fraction of sp³-hybridized carbons (Fsp3) is 0.211. The molecule has 3 rings (SSSR count). The van der Waals surface area contributed by atoms with Gasteiger partial charge in [0.1, 0.15) is 5.75 Å². The molecule has 0 aliphatic carbocycles. The zero-order valence-electron chi connectivity index (χ0n) is 13.9. The zero-order valence-corrected chi connectivity index (χ0v) is 16.3. The molecule has 0 unspecified atom stereocenters. The molecule has 0 spiro atoms. The molecule has 0 aliphatic heterocycles. The van der Waals surface area contributed by atoms with Gasteiger partial charge in [-0.1, -0.05) is 12.1 Å². The number of rotatable bonds is 6. The van der Waals surface area contributed by atoms with Crippen LogP contribution in [-0.4, -0.2) is 11.2 Å². The number of benzene rings is 1. The first-order chi connectivity index (χ1) is 12.0. The molecule has 0 radical (unpaired) electrons. The minimum absolute atomic E-state index is 0.0850. The van der Waals surface area contributed by atoms with E-state index < -0.39 is 0 Å². The Morgan fingerprint density at radius 2 is 2.08 bits per heavy atom. The van der Waals surface area contributed by atoms with Gasteiger partial charge in [0.2, 0.25) is 0 Å². The molecule has 0 amide bonds. The number of halogens is 1. The number of thiophene rings is 1. The van der Waals surface area contributed by atoms with Gasteiger partial charge < -0.3 is 15.0 Å². The van der Waals surface area contributed by atoms with Gasteiger partial charge in [-0.25, -0.2) is 0 Å². The highest BCUT2D eigenvalue weighted by Gasteiger charge is 2.05. The number of aromatic nitrogens is 1. The third-order valence-electron chi connectivity index (χ3n) is 4.04. The maximum atomic E-state index is 12.3.